The van der Waals surface area contributed by atoms with E-state index in [9.17, 15) is 8.78 Å². The zero-order valence-electron chi connectivity index (χ0n) is 10.0. The first-order chi connectivity index (χ1) is 7.99. The largest absolute Gasteiger partial charge is 0.435 e. The highest BCUT2D eigenvalue weighted by Gasteiger charge is 2.07. The van der Waals surface area contributed by atoms with E-state index in [1.54, 1.807) is 24.3 Å². The van der Waals surface area contributed by atoms with Crippen molar-refractivity contribution in [2.45, 2.75) is 26.5 Å². The molecule has 0 saturated heterocycles. The zero-order chi connectivity index (χ0) is 12.8. The Kier molecular flexibility index (Phi) is 5.10. The van der Waals surface area contributed by atoms with E-state index in [1.165, 1.54) is 0 Å². The third-order valence-corrected chi connectivity index (χ3v) is 2.32. The van der Waals surface area contributed by atoms with Gasteiger partial charge in [0.15, 0.2) is 0 Å². The molecular weight excluding hydrogens is 224 g/mol. The molecule has 1 unspecified atom stereocenters. The van der Waals surface area contributed by atoms with Crippen molar-refractivity contribution in [3.8, 4) is 5.75 Å². The zero-order valence-corrected chi connectivity index (χ0v) is 10.0. The number of hydrogen-bond donors (Lipinski definition) is 1. The third-order valence-electron chi connectivity index (χ3n) is 2.32. The highest BCUT2D eigenvalue weighted by Crippen LogP contribution is 2.19. The van der Waals surface area contributed by atoms with Gasteiger partial charge in [-0.25, -0.2) is 0 Å². The van der Waals surface area contributed by atoms with Crippen LogP contribution in [0.3, 0.4) is 0 Å². The van der Waals surface area contributed by atoms with Crippen molar-refractivity contribution < 1.29 is 13.5 Å². The normalized spacial score (nSPS) is 12.5. The molecule has 94 valence electrons. The number of rotatable bonds is 6. The molecule has 1 N–H and O–H groups in total. The molecular formula is C13H17F2NO. The van der Waals surface area contributed by atoms with Gasteiger partial charge in [-0.15, -0.1) is 0 Å². The van der Waals surface area contributed by atoms with Crippen LogP contribution in [0.4, 0.5) is 8.78 Å². The van der Waals surface area contributed by atoms with Gasteiger partial charge in [0, 0.05) is 12.6 Å². The second-order valence-corrected chi connectivity index (χ2v) is 4.01. The Morgan fingerprint density at radius 1 is 1.35 bits per heavy atom. The fraction of sp³-hybridized carbons (Fsp3) is 0.385. The summed E-state index contributed by atoms with van der Waals surface area (Å²) in [5, 5.41) is 3.27. The molecule has 2 nitrogen and oxygen atoms in total. The lowest BCUT2D eigenvalue weighted by Gasteiger charge is -2.14. The van der Waals surface area contributed by atoms with E-state index in [-0.39, 0.29) is 11.8 Å². The second kappa shape index (κ2) is 6.35. The third kappa shape index (κ3) is 4.95. The number of benzene rings is 1. The number of ether oxygens (including phenoxy) is 1. The summed E-state index contributed by atoms with van der Waals surface area (Å²) in [5.74, 6) is 0.177. The van der Waals surface area contributed by atoms with Crippen LogP contribution in [-0.4, -0.2) is 13.2 Å². The molecule has 0 heterocycles. The van der Waals surface area contributed by atoms with Crippen LogP contribution < -0.4 is 10.1 Å². The van der Waals surface area contributed by atoms with Crippen molar-refractivity contribution in [1.29, 1.82) is 0 Å². The summed E-state index contributed by atoms with van der Waals surface area (Å²) in [7, 11) is 0. The van der Waals surface area contributed by atoms with Crippen LogP contribution >= 0.6 is 0 Å². The second-order valence-electron chi connectivity index (χ2n) is 4.01. The molecule has 1 atom stereocenters. The van der Waals surface area contributed by atoms with Crippen molar-refractivity contribution in [3.05, 3.63) is 42.0 Å². The summed E-state index contributed by atoms with van der Waals surface area (Å²) in [6, 6.07) is 6.77. The van der Waals surface area contributed by atoms with Gasteiger partial charge < -0.3 is 10.1 Å². The molecule has 1 aromatic carbocycles. The minimum Gasteiger partial charge on any atom is -0.435 e. The Morgan fingerprint density at radius 2 is 1.94 bits per heavy atom. The monoisotopic (exact) mass is 241 g/mol. The fourth-order valence-electron chi connectivity index (χ4n) is 1.38. The van der Waals surface area contributed by atoms with Crippen molar-refractivity contribution in [2.24, 2.45) is 0 Å². The topological polar surface area (TPSA) is 21.3 Å². The lowest BCUT2D eigenvalue weighted by atomic mass is 10.1. The van der Waals surface area contributed by atoms with Crippen molar-refractivity contribution >= 4 is 0 Å². The van der Waals surface area contributed by atoms with E-state index in [0.717, 1.165) is 17.7 Å². The summed E-state index contributed by atoms with van der Waals surface area (Å²) in [6.07, 6.45) is 0. The van der Waals surface area contributed by atoms with E-state index in [4.69, 9.17) is 0 Å². The molecule has 0 spiro atoms. The maximum Gasteiger partial charge on any atom is 0.387 e. The molecule has 17 heavy (non-hydrogen) atoms. The predicted molar refractivity (Wildman–Crippen MR) is 64.3 cm³/mol. The summed E-state index contributed by atoms with van der Waals surface area (Å²) < 4.78 is 28.2. The lowest BCUT2D eigenvalue weighted by molar-refractivity contribution is -0.0498. The maximum absolute atomic E-state index is 11.9. The average molecular weight is 241 g/mol. The molecule has 4 heteroatoms. The van der Waals surface area contributed by atoms with E-state index >= 15 is 0 Å². The number of halogens is 2. The molecule has 1 aromatic rings. The Morgan fingerprint density at radius 3 is 2.41 bits per heavy atom. The molecule has 0 aliphatic heterocycles. The van der Waals surface area contributed by atoms with E-state index in [2.05, 4.69) is 16.6 Å². The smallest absolute Gasteiger partial charge is 0.387 e. The molecule has 0 aliphatic rings. The minimum absolute atomic E-state index is 0.146. The molecule has 0 radical (unpaired) electrons. The number of nitrogens with one attached hydrogen (secondary N) is 1. The minimum atomic E-state index is -2.78. The van der Waals surface area contributed by atoms with Crippen LogP contribution in [0.5, 0.6) is 5.75 Å². The Bertz CT molecular complexity index is 362. The lowest BCUT2D eigenvalue weighted by Crippen LogP contribution is -2.20. The van der Waals surface area contributed by atoms with Gasteiger partial charge >= 0.3 is 6.61 Å². The molecule has 0 fully saturated rings. The van der Waals surface area contributed by atoms with Crippen molar-refractivity contribution in [3.63, 3.8) is 0 Å². The first-order valence-corrected chi connectivity index (χ1v) is 5.41. The molecule has 0 amide bonds. The number of alkyl halides is 2. The predicted octanol–water partition coefficient (Wildman–Crippen LogP) is 3.51. The first kappa shape index (κ1) is 13.6. The highest BCUT2D eigenvalue weighted by molar-refractivity contribution is 5.29. The quantitative estimate of drug-likeness (QED) is 0.769. The Balaban J connectivity index is 2.57. The summed E-state index contributed by atoms with van der Waals surface area (Å²) >= 11 is 0. The van der Waals surface area contributed by atoms with Crippen LogP contribution in [0.25, 0.3) is 0 Å². The van der Waals surface area contributed by atoms with Crippen LogP contribution in [-0.2, 0) is 0 Å². The van der Waals surface area contributed by atoms with E-state index in [1.807, 2.05) is 13.8 Å². The highest BCUT2D eigenvalue weighted by atomic mass is 19.3. The maximum atomic E-state index is 11.9. The van der Waals surface area contributed by atoms with Gasteiger partial charge in [0.2, 0.25) is 0 Å². The van der Waals surface area contributed by atoms with Gasteiger partial charge in [0.05, 0.1) is 0 Å². The summed E-state index contributed by atoms with van der Waals surface area (Å²) in [4.78, 5) is 0. The van der Waals surface area contributed by atoms with Gasteiger partial charge in [0.1, 0.15) is 5.75 Å². The first-order valence-electron chi connectivity index (χ1n) is 5.41. The van der Waals surface area contributed by atoms with Gasteiger partial charge in [-0.3, -0.25) is 0 Å². The number of hydrogen-bond acceptors (Lipinski definition) is 2. The molecule has 0 aromatic heterocycles. The standard InChI is InChI=1S/C13H17F2NO/c1-9(2)8-16-10(3)11-4-6-12(7-5-11)17-13(14)15/h4-7,10,13,16H,1,8H2,2-3H3. The van der Waals surface area contributed by atoms with Crippen molar-refractivity contribution in [1.82, 2.24) is 5.32 Å². The van der Waals surface area contributed by atoms with Crippen LogP contribution in [0, 0.1) is 0 Å². The molecule has 0 saturated carbocycles. The fourth-order valence-corrected chi connectivity index (χ4v) is 1.38. The van der Waals surface area contributed by atoms with Crippen LogP contribution in [0.1, 0.15) is 25.5 Å². The molecule has 1 rings (SSSR count). The van der Waals surface area contributed by atoms with Gasteiger partial charge in [0.25, 0.3) is 0 Å². The average Bonchev–Trinajstić information content (AvgIpc) is 2.26. The summed E-state index contributed by atoms with van der Waals surface area (Å²) in [5.41, 5.74) is 2.07. The molecule has 0 aliphatic carbocycles. The Hall–Kier alpha value is -1.42. The SMILES string of the molecule is C=C(C)CNC(C)c1ccc(OC(F)F)cc1. The van der Waals surface area contributed by atoms with Gasteiger partial charge in [-0.2, -0.15) is 8.78 Å². The van der Waals surface area contributed by atoms with Crippen molar-refractivity contribution in [2.75, 3.05) is 6.54 Å². The Labute approximate surface area is 100 Å². The van der Waals surface area contributed by atoms with E-state index in [0.29, 0.717) is 0 Å². The van der Waals surface area contributed by atoms with E-state index < -0.39 is 6.61 Å². The van der Waals surface area contributed by atoms with Crippen LogP contribution in [0.2, 0.25) is 0 Å². The van der Waals surface area contributed by atoms with Gasteiger partial charge in [-0.1, -0.05) is 24.3 Å². The van der Waals surface area contributed by atoms with Gasteiger partial charge in [-0.05, 0) is 31.5 Å². The molecule has 0 bridgehead atoms. The summed E-state index contributed by atoms with van der Waals surface area (Å²) in [6.45, 7) is 5.71. The van der Waals surface area contributed by atoms with Crippen LogP contribution in [0.15, 0.2) is 36.4 Å².